The molecule has 3 rings (SSSR count). The first-order valence-electron chi connectivity index (χ1n) is 6.14. The van der Waals surface area contributed by atoms with Crippen LogP contribution in [-0.4, -0.2) is 19.7 Å². The fourth-order valence-corrected chi connectivity index (χ4v) is 2.11. The van der Waals surface area contributed by atoms with Gasteiger partial charge in [-0.3, -0.25) is 9.97 Å². The molecule has 0 saturated carbocycles. The van der Waals surface area contributed by atoms with Crippen molar-refractivity contribution in [3.05, 3.63) is 60.4 Å². The molecule has 0 unspecified atom stereocenters. The van der Waals surface area contributed by atoms with Crippen LogP contribution in [0.5, 0.6) is 0 Å². The SMILES string of the molecule is Cc1ncccc1-c1cn(-c2cccnc2)nc1C. The van der Waals surface area contributed by atoms with Gasteiger partial charge in [-0.25, -0.2) is 4.68 Å². The molecule has 0 spiro atoms. The lowest BCUT2D eigenvalue weighted by atomic mass is 10.1. The van der Waals surface area contributed by atoms with Gasteiger partial charge >= 0.3 is 0 Å². The highest BCUT2D eigenvalue weighted by molar-refractivity contribution is 5.67. The third-order valence-corrected chi connectivity index (χ3v) is 3.11. The zero-order valence-corrected chi connectivity index (χ0v) is 10.9. The maximum absolute atomic E-state index is 4.55. The second-order valence-corrected chi connectivity index (χ2v) is 4.42. The third kappa shape index (κ3) is 2.12. The molecule has 0 amide bonds. The quantitative estimate of drug-likeness (QED) is 0.702. The summed E-state index contributed by atoms with van der Waals surface area (Å²) >= 11 is 0. The molecular formula is C15H14N4. The van der Waals surface area contributed by atoms with Gasteiger partial charge in [0.25, 0.3) is 0 Å². The van der Waals surface area contributed by atoms with Crippen molar-refractivity contribution >= 4 is 0 Å². The highest BCUT2D eigenvalue weighted by Crippen LogP contribution is 2.25. The normalized spacial score (nSPS) is 10.6. The van der Waals surface area contributed by atoms with Gasteiger partial charge in [-0.05, 0) is 32.0 Å². The van der Waals surface area contributed by atoms with Gasteiger partial charge in [0.2, 0.25) is 0 Å². The predicted molar refractivity (Wildman–Crippen MR) is 74.1 cm³/mol. The largest absolute Gasteiger partial charge is 0.262 e. The first kappa shape index (κ1) is 11.6. The maximum Gasteiger partial charge on any atom is 0.0829 e. The van der Waals surface area contributed by atoms with Crippen molar-refractivity contribution in [1.29, 1.82) is 0 Å². The smallest absolute Gasteiger partial charge is 0.0829 e. The van der Waals surface area contributed by atoms with Gasteiger partial charge in [0.05, 0.1) is 17.6 Å². The molecule has 94 valence electrons. The molecule has 0 fully saturated rings. The summed E-state index contributed by atoms with van der Waals surface area (Å²) in [6.45, 7) is 4.02. The topological polar surface area (TPSA) is 43.6 Å². The molecule has 19 heavy (non-hydrogen) atoms. The highest BCUT2D eigenvalue weighted by atomic mass is 15.3. The molecule has 0 bridgehead atoms. The van der Waals surface area contributed by atoms with Crippen LogP contribution in [0.15, 0.2) is 49.1 Å². The Morgan fingerprint density at radius 3 is 2.53 bits per heavy atom. The summed E-state index contributed by atoms with van der Waals surface area (Å²) in [5.41, 5.74) is 5.18. The van der Waals surface area contributed by atoms with Crippen LogP contribution in [0.2, 0.25) is 0 Å². The molecule has 0 saturated heterocycles. The Balaban J connectivity index is 2.11. The summed E-state index contributed by atoms with van der Waals surface area (Å²) in [5, 5.41) is 4.55. The molecule has 3 aromatic heterocycles. The average Bonchev–Trinajstić information content (AvgIpc) is 2.82. The third-order valence-electron chi connectivity index (χ3n) is 3.11. The lowest BCUT2D eigenvalue weighted by Gasteiger charge is -2.02. The van der Waals surface area contributed by atoms with Crippen LogP contribution in [0.4, 0.5) is 0 Å². The number of pyridine rings is 2. The summed E-state index contributed by atoms with van der Waals surface area (Å²) in [4.78, 5) is 8.45. The van der Waals surface area contributed by atoms with Gasteiger partial charge < -0.3 is 0 Å². The van der Waals surface area contributed by atoms with Crippen LogP contribution >= 0.6 is 0 Å². The first-order valence-corrected chi connectivity index (χ1v) is 6.14. The Hall–Kier alpha value is -2.49. The highest BCUT2D eigenvalue weighted by Gasteiger charge is 2.10. The minimum absolute atomic E-state index is 0.957. The Morgan fingerprint density at radius 1 is 0.947 bits per heavy atom. The van der Waals surface area contributed by atoms with Crippen molar-refractivity contribution < 1.29 is 0 Å². The molecule has 0 aromatic carbocycles. The predicted octanol–water partition coefficient (Wildman–Crippen LogP) is 2.95. The number of hydrogen-bond acceptors (Lipinski definition) is 3. The fraction of sp³-hybridized carbons (Fsp3) is 0.133. The van der Waals surface area contributed by atoms with Crippen molar-refractivity contribution in [2.75, 3.05) is 0 Å². The van der Waals surface area contributed by atoms with Gasteiger partial charge in [-0.2, -0.15) is 5.10 Å². The monoisotopic (exact) mass is 250 g/mol. The van der Waals surface area contributed by atoms with Crippen LogP contribution < -0.4 is 0 Å². The van der Waals surface area contributed by atoms with Gasteiger partial charge in [0.15, 0.2) is 0 Å². The molecule has 0 N–H and O–H groups in total. The van der Waals surface area contributed by atoms with Crippen molar-refractivity contribution in [3.63, 3.8) is 0 Å². The molecular weight excluding hydrogens is 236 g/mol. The van der Waals surface area contributed by atoms with Crippen LogP contribution in [0, 0.1) is 13.8 Å². The van der Waals surface area contributed by atoms with E-state index in [2.05, 4.69) is 21.1 Å². The summed E-state index contributed by atoms with van der Waals surface area (Å²) in [5.74, 6) is 0. The van der Waals surface area contributed by atoms with Crippen LogP contribution in [0.3, 0.4) is 0 Å². The van der Waals surface area contributed by atoms with Gasteiger partial charge in [-0.15, -0.1) is 0 Å². The van der Waals surface area contributed by atoms with Crippen LogP contribution in [0.1, 0.15) is 11.4 Å². The number of hydrogen-bond donors (Lipinski definition) is 0. The fourth-order valence-electron chi connectivity index (χ4n) is 2.11. The summed E-state index contributed by atoms with van der Waals surface area (Å²) < 4.78 is 1.85. The van der Waals surface area contributed by atoms with E-state index in [0.717, 1.165) is 28.2 Å². The summed E-state index contributed by atoms with van der Waals surface area (Å²) in [6, 6.07) is 7.91. The minimum atomic E-state index is 0.957. The number of rotatable bonds is 2. The van der Waals surface area contributed by atoms with E-state index in [1.807, 2.05) is 42.9 Å². The van der Waals surface area contributed by atoms with E-state index in [0.29, 0.717) is 0 Å². The summed E-state index contributed by atoms with van der Waals surface area (Å²) in [6.07, 6.45) is 7.38. The molecule has 3 heterocycles. The van der Waals surface area contributed by atoms with Crippen molar-refractivity contribution in [2.45, 2.75) is 13.8 Å². The molecule has 0 aliphatic carbocycles. The number of nitrogens with zero attached hydrogens (tertiary/aromatic N) is 4. The minimum Gasteiger partial charge on any atom is -0.262 e. The van der Waals surface area contributed by atoms with E-state index in [-0.39, 0.29) is 0 Å². The maximum atomic E-state index is 4.55. The van der Waals surface area contributed by atoms with Crippen LogP contribution in [-0.2, 0) is 0 Å². The lowest BCUT2D eigenvalue weighted by molar-refractivity contribution is 0.857. The van der Waals surface area contributed by atoms with Gasteiger partial charge in [-0.1, -0.05) is 6.07 Å². The van der Waals surface area contributed by atoms with Crippen molar-refractivity contribution in [3.8, 4) is 16.8 Å². The molecule has 0 aliphatic heterocycles. The second-order valence-electron chi connectivity index (χ2n) is 4.42. The Morgan fingerprint density at radius 2 is 1.79 bits per heavy atom. The first-order chi connectivity index (χ1) is 9.25. The molecule has 0 atom stereocenters. The Labute approximate surface area is 111 Å². The van der Waals surface area contributed by atoms with E-state index in [4.69, 9.17) is 0 Å². The van der Waals surface area contributed by atoms with E-state index >= 15 is 0 Å². The molecule has 0 aliphatic rings. The average molecular weight is 250 g/mol. The second kappa shape index (κ2) is 4.65. The summed E-state index contributed by atoms with van der Waals surface area (Å²) in [7, 11) is 0. The zero-order chi connectivity index (χ0) is 13.2. The Bertz CT molecular complexity index is 701. The molecule has 4 heteroatoms. The van der Waals surface area contributed by atoms with Crippen molar-refractivity contribution in [1.82, 2.24) is 19.7 Å². The number of aromatic nitrogens is 4. The van der Waals surface area contributed by atoms with E-state index in [9.17, 15) is 0 Å². The molecule has 3 aromatic rings. The van der Waals surface area contributed by atoms with E-state index < -0.39 is 0 Å². The number of aryl methyl sites for hydroxylation is 2. The van der Waals surface area contributed by atoms with E-state index in [1.54, 1.807) is 18.6 Å². The van der Waals surface area contributed by atoms with Crippen molar-refractivity contribution in [2.24, 2.45) is 0 Å². The zero-order valence-electron chi connectivity index (χ0n) is 10.9. The van der Waals surface area contributed by atoms with Gasteiger partial charge in [0.1, 0.15) is 0 Å². The Kier molecular flexibility index (Phi) is 2.83. The molecule has 4 nitrogen and oxygen atoms in total. The standard InChI is InChI=1S/C15H14N4/c1-11-14(6-4-8-17-11)15-10-19(18-12(15)2)13-5-3-7-16-9-13/h3-10H,1-2H3. The van der Waals surface area contributed by atoms with E-state index in [1.165, 1.54) is 0 Å². The lowest BCUT2D eigenvalue weighted by Crippen LogP contribution is -1.94. The van der Waals surface area contributed by atoms with Gasteiger partial charge in [0, 0.05) is 35.4 Å². The molecule has 0 radical (unpaired) electrons. The van der Waals surface area contributed by atoms with Crippen LogP contribution in [0.25, 0.3) is 16.8 Å².